The molecule has 118 valence electrons. The first-order valence-electron chi connectivity index (χ1n) is 7.19. The fraction of sp³-hybridized carbons (Fsp3) is 0.167. The van der Waals surface area contributed by atoms with Crippen molar-refractivity contribution in [2.45, 2.75) is 13.5 Å². The van der Waals surface area contributed by atoms with Crippen molar-refractivity contribution in [3.05, 3.63) is 81.4 Å². The Hall–Kier alpha value is -2.95. The highest BCUT2D eigenvalue weighted by Crippen LogP contribution is 2.14. The molecule has 2 aromatic rings. The van der Waals surface area contributed by atoms with Crippen LogP contribution in [0.2, 0.25) is 0 Å². The lowest BCUT2D eigenvalue weighted by Crippen LogP contribution is -2.24. The number of carbonyl (C=O) groups is 1. The summed E-state index contributed by atoms with van der Waals surface area (Å²) in [6.45, 7) is 2.53. The van der Waals surface area contributed by atoms with Gasteiger partial charge in [-0.2, -0.15) is 0 Å². The van der Waals surface area contributed by atoms with Crippen LogP contribution in [-0.2, 0) is 11.3 Å². The molecular weight excluding hydrogens is 292 g/mol. The van der Waals surface area contributed by atoms with E-state index in [0.29, 0.717) is 12.1 Å². The van der Waals surface area contributed by atoms with Crippen molar-refractivity contribution < 1.29 is 9.72 Å². The van der Waals surface area contributed by atoms with E-state index >= 15 is 0 Å². The van der Waals surface area contributed by atoms with Crippen molar-refractivity contribution in [1.82, 2.24) is 4.90 Å². The molecule has 0 aliphatic carbocycles. The molecule has 0 atom stereocenters. The van der Waals surface area contributed by atoms with Gasteiger partial charge in [0.05, 0.1) is 4.92 Å². The predicted molar refractivity (Wildman–Crippen MR) is 89.8 cm³/mol. The van der Waals surface area contributed by atoms with Crippen LogP contribution < -0.4 is 0 Å². The average Bonchev–Trinajstić information content (AvgIpc) is 2.55. The van der Waals surface area contributed by atoms with Gasteiger partial charge in [-0.3, -0.25) is 14.9 Å². The van der Waals surface area contributed by atoms with Crippen LogP contribution in [0.3, 0.4) is 0 Å². The number of aryl methyl sites for hydroxylation is 1. The number of benzene rings is 2. The van der Waals surface area contributed by atoms with Crippen molar-refractivity contribution in [3.63, 3.8) is 0 Å². The summed E-state index contributed by atoms with van der Waals surface area (Å²) < 4.78 is 0. The van der Waals surface area contributed by atoms with E-state index in [0.717, 1.165) is 11.1 Å². The molecular formula is C18H18N2O3. The van der Waals surface area contributed by atoms with Crippen LogP contribution in [0.1, 0.15) is 16.7 Å². The van der Waals surface area contributed by atoms with Gasteiger partial charge in [-0.1, -0.05) is 36.4 Å². The summed E-state index contributed by atoms with van der Waals surface area (Å²) in [5, 5.41) is 10.7. The van der Waals surface area contributed by atoms with Gasteiger partial charge in [0.15, 0.2) is 0 Å². The quantitative estimate of drug-likeness (QED) is 0.482. The minimum absolute atomic E-state index is 0.00728. The van der Waals surface area contributed by atoms with Crippen LogP contribution in [-0.4, -0.2) is 22.8 Å². The number of nitrogens with zero attached hydrogens (tertiary/aromatic N) is 2. The second-order valence-electron chi connectivity index (χ2n) is 5.31. The minimum Gasteiger partial charge on any atom is -0.338 e. The minimum atomic E-state index is -0.455. The molecule has 1 amide bonds. The van der Waals surface area contributed by atoms with E-state index in [1.165, 1.54) is 18.2 Å². The van der Waals surface area contributed by atoms with Gasteiger partial charge in [0.1, 0.15) is 0 Å². The number of hydrogen-bond acceptors (Lipinski definition) is 3. The molecule has 0 radical (unpaired) electrons. The molecule has 0 bridgehead atoms. The highest BCUT2D eigenvalue weighted by molar-refractivity contribution is 5.91. The largest absolute Gasteiger partial charge is 0.338 e. The van der Waals surface area contributed by atoms with Gasteiger partial charge in [-0.15, -0.1) is 0 Å². The van der Waals surface area contributed by atoms with E-state index < -0.39 is 4.92 Å². The van der Waals surface area contributed by atoms with Gasteiger partial charge >= 0.3 is 0 Å². The maximum atomic E-state index is 12.2. The van der Waals surface area contributed by atoms with Gasteiger partial charge in [0.25, 0.3) is 5.69 Å². The van der Waals surface area contributed by atoms with Crippen LogP contribution >= 0.6 is 0 Å². The number of likely N-dealkylation sites (N-methyl/N-ethyl adjacent to an activating group) is 1. The molecule has 0 saturated heterocycles. The third-order valence-corrected chi connectivity index (χ3v) is 3.54. The maximum Gasteiger partial charge on any atom is 0.270 e. The Balaban J connectivity index is 2.04. The Kier molecular flexibility index (Phi) is 5.25. The first-order valence-corrected chi connectivity index (χ1v) is 7.19. The Labute approximate surface area is 135 Å². The monoisotopic (exact) mass is 310 g/mol. The number of nitro benzene ring substituents is 1. The van der Waals surface area contributed by atoms with Crippen molar-refractivity contribution in [3.8, 4) is 0 Å². The van der Waals surface area contributed by atoms with E-state index in [1.807, 2.05) is 31.2 Å². The molecule has 0 aliphatic rings. The number of nitro groups is 1. The number of amides is 1. The zero-order chi connectivity index (χ0) is 16.8. The van der Waals surface area contributed by atoms with Crippen LogP contribution in [0.5, 0.6) is 0 Å². The van der Waals surface area contributed by atoms with E-state index in [1.54, 1.807) is 30.2 Å². The van der Waals surface area contributed by atoms with Crippen molar-refractivity contribution in [2.75, 3.05) is 7.05 Å². The first-order chi connectivity index (χ1) is 11.0. The molecule has 0 N–H and O–H groups in total. The van der Waals surface area contributed by atoms with Gasteiger partial charge in [-0.25, -0.2) is 0 Å². The first kappa shape index (κ1) is 16.4. The molecule has 0 fully saturated rings. The third-order valence-electron chi connectivity index (χ3n) is 3.54. The molecule has 0 aliphatic heterocycles. The second-order valence-corrected chi connectivity index (χ2v) is 5.31. The number of hydrogen-bond donors (Lipinski definition) is 0. The van der Waals surface area contributed by atoms with Crippen molar-refractivity contribution in [1.29, 1.82) is 0 Å². The molecule has 0 heterocycles. The molecule has 2 aromatic carbocycles. The summed E-state index contributed by atoms with van der Waals surface area (Å²) in [4.78, 5) is 24.0. The topological polar surface area (TPSA) is 63.5 Å². The predicted octanol–water partition coefficient (Wildman–Crippen LogP) is 3.58. The number of rotatable bonds is 5. The van der Waals surface area contributed by atoms with Gasteiger partial charge < -0.3 is 4.90 Å². The summed E-state index contributed by atoms with van der Waals surface area (Å²) in [7, 11) is 1.73. The SMILES string of the molecule is Cc1ccccc1CN(C)C(=O)/C=C/c1cccc([N+](=O)[O-])c1. The Morgan fingerprint density at radius 2 is 1.96 bits per heavy atom. The number of carbonyl (C=O) groups excluding carboxylic acids is 1. The van der Waals surface area contributed by atoms with Crippen molar-refractivity contribution >= 4 is 17.7 Å². The normalized spacial score (nSPS) is 10.7. The molecule has 0 spiro atoms. The smallest absolute Gasteiger partial charge is 0.270 e. The molecule has 2 rings (SSSR count). The highest BCUT2D eigenvalue weighted by Gasteiger charge is 2.08. The zero-order valence-electron chi connectivity index (χ0n) is 13.1. The molecule has 0 aromatic heterocycles. The fourth-order valence-electron chi connectivity index (χ4n) is 2.16. The van der Waals surface area contributed by atoms with Gasteiger partial charge in [-0.05, 0) is 29.7 Å². The molecule has 23 heavy (non-hydrogen) atoms. The molecule has 0 unspecified atom stereocenters. The van der Waals surface area contributed by atoms with Crippen LogP contribution in [0.25, 0.3) is 6.08 Å². The summed E-state index contributed by atoms with van der Waals surface area (Å²) in [5.74, 6) is -0.153. The van der Waals surface area contributed by atoms with Gasteiger partial charge in [0.2, 0.25) is 5.91 Å². The Morgan fingerprint density at radius 3 is 2.65 bits per heavy atom. The summed E-state index contributed by atoms with van der Waals surface area (Å²) in [6.07, 6.45) is 3.01. The Morgan fingerprint density at radius 1 is 1.22 bits per heavy atom. The summed E-state index contributed by atoms with van der Waals surface area (Å²) >= 11 is 0. The molecule has 5 nitrogen and oxygen atoms in total. The van der Waals surface area contributed by atoms with E-state index in [9.17, 15) is 14.9 Å². The van der Waals surface area contributed by atoms with E-state index in [2.05, 4.69) is 0 Å². The molecule has 0 saturated carbocycles. The van der Waals surface area contributed by atoms with Crippen LogP contribution in [0.4, 0.5) is 5.69 Å². The standard InChI is InChI=1S/C18H18N2O3/c1-14-6-3-4-8-16(14)13-19(2)18(21)11-10-15-7-5-9-17(12-15)20(22)23/h3-12H,13H2,1-2H3/b11-10+. The lowest BCUT2D eigenvalue weighted by molar-refractivity contribution is -0.384. The van der Waals surface area contributed by atoms with Crippen LogP contribution in [0, 0.1) is 17.0 Å². The highest BCUT2D eigenvalue weighted by atomic mass is 16.6. The van der Waals surface area contributed by atoms with E-state index in [4.69, 9.17) is 0 Å². The molecule has 5 heteroatoms. The summed E-state index contributed by atoms with van der Waals surface area (Å²) in [5.41, 5.74) is 2.85. The lowest BCUT2D eigenvalue weighted by Gasteiger charge is -2.16. The van der Waals surface area contributed by atoms with Crippen LogP contribution in [0.15, 0.2) is 54.6 Å². The average molecular weight is 310 g/mol. The van der Waals surface area contributed by atoms with E-state index in [-0.39, 0.29) is 11.6 Å². The Bertz CT molecular complexity index is 753. The van der Waals surface area contributed by atoms with Crippen molar-refractivity contribution in [2.24, 2.45) is 0 Å². The fourth-order valence-corrected chi connectivity index (χ4v) is 2.16. The summed E-state index contributed by atoms with van der Waals surface area (Å²) in [6, 6.07) is 14.1. The number of non-ortho nitro benzene ring substituents is 1. The lowest BCUT2D eigenvalue weighted by atomic mass is 10.1. The third kappa shape index (κ3) is 4.51. The zero-order valence-corrected chi connectivity index (χ0v) is 13.1. The second kappa shape index (κ2) is 7.35. The maximum absolute atomic E-state index is 12.2. The van der Waals surface area contributed by atoms with Gasteiger partial charge in [0, 0.05) is 31.8 Å².